The monoisotopic (exact) mass is 316 g/mol. The quantitative estimate of drug-likeness (QED) is 0.902. The van der Waals surface area contributed by atoms with E-state index in [0.29, 0.717) is 5.13 Å². The maximum absolute atomic E-state index is 12.0. The van der Waals surface area contributed by atoms with Crippen molar-refractivity contribution in [1.82, 2.24) is 4.98 Å². The molecule has 0 bridgehead atoms. The average Bonchev–Trinajstić information content (AvgIpc) is 3.15. The first kappa shape index (κ1) is 15.0. The summed E-state index contributed by atoms with van der Waals surface area (Å²) >= 11 is 1.47. The first-order chi connectivity index (χ1) is 10.7. The number of hydrogen-bond acceptors (Lipinski definition) is 4. The minimum Gasteiger partial charge on any atom is -0.493 e. The van der Waals surface area contributed by atoms with Crippen LogP contribution < -0.4 is 10.1 Å². The Kier molecular flexibility index (Phi) is 4.43. The standard InChI is InChI=1S/C17H20N2O2S/c1-3-4-11(2)16(20)19-17-18-14(10-22-17)12-5-6-15-13(9-12)7-8-21-15/h5-6,9-11H,3-4,7-8H2,1-2H3,(H,18,19,20). The molecule has 2 heterocycles. The number of nitrogens with one attached hydrogen (secondary N) is 1. The van der Waals surface area contributed by atoms with Gasteiger partial charge in [-0.25, -0.2) is 4.98 Å². The molecule has 1 N–H and O–H groups in total. The molecule has 0 radical (unpaired) electrons. The molecular formula is C17H20N2O2S. The van der Waals surface area contributed by atoms with Gasteiger partial charge in [-0.2, -0.15) is 0 Å². The van der Waals surface area contributed by atoms with Gasteiger partial charge in [-0.05, 0) is 30.2 Å². The molecule has 1 aliphatic rings. The lowest BCUT2D eigenvalue weighted by Gasteiger charge is -2.08. The van der Waals surface area contributed by atoms with Gasteiger partial charge in [0, 0.05) is 23.3 Å². The summed E-state index contributed by atoms with van der Waals surface area (Å²) in [6.07, 6.45) is 2.86. The zero-order valence-corrected chi connectivity index (χ0v) is 13.7. The molecule has 0 fully saturated rings. The highest BCUT2D eigenvalue weighted by Gasteiger charge is 2.16. The molecule has 116 valence electrons. The van der Waals surface area contributed by atoms with Gasteiger partial charge in [0.25, 0.3) is 0 Å². The summed E-state index contributed by atoms with van der Waals surface area (Å²) < 4.78 is 5.52. The first-order valence-corrected chi connectivity index (χ1v) is 8.58. The van der Waals surface area contributed by atoms with Crippen LogP contribution in [0.2, 0.25) is 0 Å². The van der Waals surface area contributed by atoms with Crippen LogP contribution in [0.4, 0.5) is 5.13 Å². The van der Waals surface area contributed by atoms with E-state index in [4.69, 9.17) is 4.74 Å². The fraction of sp³-hybridized carbons (Fsp3) is 0.412. The average molecular weight is 316 g/mol. The first-order valence-electron chi connectivity index (χ1n) is 7.70. The van der Waals surface area contributed by atoms with Crippen LogP contribution in [-0.4, -0.2) is 17.5 Å². The summed E-state index contributed by atoms with van der Waals surface area (Å²) in [5.74, 6) is 1.04. The van der Waals surface area contributed by atoms with Crippen molar-refractivity contribution < 1.29 is 9.53 Å². The number of nitrogens with zero attached hydrogens (tertiary/aromatic N) is 1. The number of benzene rings is 1. The van der Waals surface area contributed by atoms with Crippen LogP contribution in [0, 0.1) is 5.92 Å². The van der Waals surface area contributed by atoms with Gasteiger partial charge in [0.1, 0.15) is 5.75 Å². The molecule has 0 spiro atoms. The maximum Gasteiger partial charge on any atom is 0.228 e. The second kappa shape index (κ2) is 6.48. The molecule has 5 heteroatoms. The number of hydrogen-bond donors (Lipinski definition) is 1. The Hall–Kier alpha value is -1.88. The fourth-order valence-electron chi connectivity index (χ4n) is 2.60. The molecule has 1 unspecified atom stereocenters. The summed E-state index contributed by atoms with van der Waals surface area (Å²) in [6, 6.07) is 6.14. The Balaban J connectivity index is 1.72. The molecule has 0 saturated carbocycles. The number of aromatic nitrogens is 1. The van der Waals surface area contributed by atoms with E-state index in [1.54, 1.807) is 0 Å². The molecule has 0 saturated heterocycles. The summed E-state index contributed by atoms with van der Waals surface area (Å²) in [4.78, 5) is 16.6. The number of amides is 1. The Morgan fingerprint density at radius 2 is 2.36 bits per heavy atom. The van der Waals surface area contributed by atoms with Crippen LogP contribution in [0.15, 0.2) is 23.6 Å². The van der Waals surface area contributed by atoms with Gasteiger partial charge >= 0.3 is 0 Å². The highest BCUT2D eigenvalue weighted by atomic mass is 32.1. The Morgan fingerprint density at radius 1 is 1.50 bits per heavy atom. The maximum atomic E-state index is 12.0. The zero-order valence-electron chi connectivity index (χ0n) is 12.9. The second-order valence-electron chi connectivity index (χ2n) is 5.64. The number of anilines is 1. The van der Waals surface area contributed by atoms with E-state index in [9.17, 15) is 4.79 Å². The van der Waals surface area contributed by atoms with Crippen molar-refractivity contribution in [2.75, 3.05) is 11.9 Å². The number of carbonyl (C=O) groups excluding carboxylic acids is 1. The number of ether oxygens (including phenoxy) is 1. The summed E-state index contributed by atoms with van der Waals surface area (Å²) in [5.41, 5.74) is 3.20. The van der Waals surface area contributed by atoms with Gasteiger partial charge in [0.15, 0.2) is 5.13 Å². The van der Waals surface area contributed by atoms with Gasteiger partial charge in [-0.1, -0.05) is 20.3 Å². The summed E-state index contributed by atoms with van der Waals surface area (Å²) in [6.45, 7) is 4.79. The molecule has 2 aromatic rings. The molecule has 1 aromatic heterocycles. The molecule has 0 aliphatic carbocycles. The van der Waals surface area contributed by atoms with Gasteiger partial charge in [-0.3, -0.25) is 4.79 Å². The lowest BCUT2D eigenvalue weighted by molar-refractivity contribution is -0.119. The van der Waals surface area contributed by atoms with Crippen molar-refractivity contribution in [2.45, 2.75) is 33.1 Å². The lowest BCUT2D eigenvalue weighted by atomic mass is 10.1. The van der Waals surface area contributed by atoms with Crippen molar-refractivity contribution in [3.05, 3.63) is 29.1 Å². The normalized spacial score (nSPS) is 14.3. The molecule has 3 rings (SSSR count). The van der Waals surface area contributed by atoms with Crippen molar-refractivity contribution in [3.8, 4) is 17.0 Å². The Bertz CT molecular complexity index is 681. The fourth-order valence-corrected chi connectivity index (χ4v) is 3.32. The highest BCUT2D eigenvalue weighted by Crippen LogP contribution is 2.32. The van der Waals surface area contributed by atoms with Gasteiger partial charge in [-0.15, -0.1) is 11.3 Å². The predicted molar refractivity (Wildman–Crippen MR) is 89.5 cm³/mol. The molecular weight excluding hydrogens is 296 g/mol. The smallest absolute Gasteiger partial charge is 0.228 e. The number of carbonyl (C=O) groups is 1. The van der Waals surface area contributed by atoms with Crippen LogP contribution in [0.5, 0.6) is 5.75 Å². The second-order valence-corrected chi connectivity index (χ2v) is 6.50. The minimum atomic E-state index is 0.0227. The molecule has 4 nitrogen and oxygen atoms in total. The lowest BCUT2D eigenvalue weighted by Crippen LogP contribution is -2.20. The number of rotatable bonds is 5. The number of fused-ring (bicyclic) bond motifs is 1. The van der Waals surface area contributed by atoms with Crippen LogP contribution >= 0.6 is 11.3 Å². The molecule has 1 aromatic carbocycles. The van der Waals surface area contributed by atoms with Gasteiger partial charge in [0.2, 0.25) is 5.91 Å². The SMILES string of the molecule is CCCC(C)C(=O)Nc1nc(-c2ccc3c(c2)CCO3)cs1. The molecule has 1 aliphatic heterocycles. The van der Waals surface area contributed by atoms with E-state index >= 15 is 0 Å². The van der Waals surface area contributed by atoms with Crippen molar-refractivity contribution >= 4 is 22.4 Å². The summed E-state index contributed by atoms with van der Waals surface area (Å²) in [7, 11) is 0. The molecule has 22 heavy (non-hydrogen) atoms. The third-order valence-corrected chi connectivity index (χ3v) is 4.65. The van der Waals surface area contributed by atoms with E-state index in [0.717, 1.165) is 42.9 Å². The summed E-state index contributed by atoms with van der Waals surface area (Å²) in [5, 5.41) is 5.56. The molecule has 1 atom stereocenters. The van der Waals surface area contributed by atoms with E-state index < -0.39 is 0 Å². The third-order valence-electron chi connectivity index (χ3n) is 3.89. The van der Waals surface area contributed by atoms with Crippen LogP contribution in [0.1, 0.15) is 32.3 Å². The van der Waals surface area contributed by atoms with E-state index in [1.807, 2.05) is 24.4 Å². The predicted octanol–water partition coefficient (Wildman–Crippen LogP) is 4.12. The zero-order chi connectivity index (χ0) is 15.5. The van der Waals surface area contributed by atoms with Crippen LogP contribution in [0.3, 0.4) is 0 Å². The van der Waals surface area contributed by atoms with Crippen molar-refractivity contribution in [3.63, 3.8) is 0 Å². The minimum absolute atomic E-state index is 0.0227. The highest BCUT2D eigenvalue weighted by molar-refractivity contribution is 7.14. The van der Waals surface area contributed by atoms with E-state index in [1.165, 1.54) is 16.9 Å². The van der Waals surface area contributed by atoms with Crippen LogP contribution in [-0.2, 0) is 11.2 Å². The van der Waals surface area contributed by atoms with Crippen LogP contribution in [0.25, 0.3) is 11.3 Å². The van der Waals surface area contributed by atoms with Crippen molar-refractivity contribution in [2.24, 2.45) is 5.92 Å². The Morgan fingerprint density at radius 3 is 3.18 bits per heavy atom. The third kappa shape index (κ3) is 3.14. The largest absolute Gasteiger partial charge is 0.493 e. The number of thiazole rings is 1. The van der Waals surface area contributed by atoms with Gasteiger partial charge in [0.05, 0.1) is 12.3 Å². The Labute approximate surface area is 134 Å². The van der Waals surface area contributed by atoms with E-state index in [2.05, 4.69) is 23.3 Å². The van der Waals surface area contributed by atoms with Crippen molar-refractivity contribution in [1.29, 1.82) is 0 Å². The molecule has 1 amide bonds. The topological polar surface area (TPSA) is 51.2 Å². The van der Waals surface area contributed by atoms with E-state index in [-0.39, 0.29) is 11.8 Å². The van der Waals surface area contributed by atoms with Gasteiger partial charge < -0.3 is 10.1 Å².